The summed E-state index contributed by atoms with van der Waals surface area (Å²) in [7, 11) is 0. The van der Waals surface area contributed by atoms with Crippen LogP contribution in [0.5, 0.6) is 0 Å². The van der Waals surface area contributed by atoms with Crippen molar-refractivity contribution in [3.8, 4) is 11.3 Å². The molecule has 2 aromatic heterocycles. The molecule has 0 saturated heterocycles. The van der Waals surface area contributed by atoms with Gasteiger partial charge in [-0.3, -0.25) is 9.36 Å². The first kappa shape index (κ1) is 29.2. The highest BCUT2D eigenvalue weighted by atomic mass is 35.5. The molecule has 0 radical (unpaired) electrons. The molecule has 5 rings (SSSR count). The van der Waals surface area contributed by atoms with Crippen molar-refractivity contribution in [2.24, 2.45) is 4.99 Å². The van der Waals surface area contributed by atoms with E-state index in [4.69, 9.17) is 25.5 Å². The van der Waals surface area contributed by atoms with Gasteiger partial charge >= 0.3 is 11.9 Å². The summed E-state index contributed by atoms with van der Waals surface area (Å²) in [6.45, 7) is 7.01. The molecule has 0 fully saturated rings. The van der Waals surface area contributed by atoms with Crippen molar-refractivity contribution in [3.05, 3.63) is 113 Å². The van der Waals surface area contributed by atoms with E-state index in [0.29, 0.717) is 42.7 Å². The molecule has 0 unspecified atom stereocenters. The van der Waals surface area contributed by atoms with Gasteiger partial charge < -0.3 is 13.9 Å². The number of rotatable bonds is 7. The summed E-state index contributed by atoms with van der Waals surface area (Å²) in [4.78, 5) is 44.4. The Hall–Kier alpha value is -4.28. The number of carbonyl (C=O) groups excluding carboxylic acids is 2. The lowest BCUT2D eigenvalue weighted by atomic mass is 9.96. The van der Waals surface area contributed by atoms with E-state index in [1.807, 2.05) is 0 Å². The summed E-state index contributed by atoms with van der Waals surface area (Å²) in [6.07, 6.45) is 1.25. The number of thiazole rings is 1. The minimum Gasteiger partial charge on any atom is -0.463 e. The van der Waals surface area contributed by atoms with Gasteiger partial charge in [-0.25, -0.2) is 19.0 Å². The number of nitrogens with zero attached hydrogens (tertiary/aromatic N) is 2. The Morgan fingerprint density at radius 2 is 1.88 bits per heavy atom. The van der Waals surface area contributed by atoms with Gasteiger partial charge in [0.2, 0.25) is 0 Å². The number of benzene rings is 2. The van der Waals surface area contributed by atoms with Crippen molar-refractivity contribution in [1.29, 1.82) is 0 Å². The van der Waals surface area contributed by atoms with Crippen LogP contribution in [0.3, 0.4) is 0 Å². The third-order valence-electron chi connectivity index (χ3n) is 6.41. The first-order chi connectivity index (χ1) is 20.1. The Kier molecular flexibility index (Phi) is 8.29. The van der Waals surface area contributed by atoms with Crippen molar-refractivity contribution in [1.82, 2.24) is 4.57 Å². The summed E-state index contributed by atoms with van der Waals surface area (Å²) >= 11 is 7.34. The summed E-state index contributed by atoms with van der Waals surface area (Å²) in [6, 6.07) is 12.8. The van der Waals surface area contributed by atoms with Gasteiger partial charge in [0.05, 0.1) is 40.1 Å². The second-order valence-corrected chi connectivity index (χ2v) is 11.1. The second-order valence-electron chi connectivity index (χ2n) is 9.70. The van der Waals surface area contributed by atoms with Gasteiger partial charge in [0.1, 0.15) is 17.3 Å². The number of esters is 2. The van der Waals surface area contributed by atoms with Gasteiger partial charge in [-0.05, 0) is 75.7 Å². The molecule has 0 aliphatic carbocycles. The fraction of sp³-hybridized carbons (Fsp3) is 0.226. The number of halogens is 2. The molecule has 42 heavy (non-hydrogen) atoms. The SMILES string of the molecule is CCOC(=O)C1=C(C)N=c2s/c(=C/c3ccc(-c4cc(Cl)ccc4C(=O)OC(C)C)o3)c(=O)n2[C@@H]1c1ccc(F)cc1. The van der Waals surface area contributed by atoms with Gasteiger partial charge in [0.15, 0.2) is 4.80 Å². The molecule has 1 aliphatic heterocycles. The third-order valence-corrected chi connectivity index (χ3v) is 7.63. The van der Waals surface area contributed by atoms with Gasteiger partial charge in [0.25, 0.3) is 5.56 Å². The van der Waals surface area contributed by atoms with Crippen molar-refractivity contribution >= 4 is 41.0 Å². The van der Waals surface area contributed by atoms with Crippen molar-refractivity contribution in [3.63, 3.8) is 0 Å². The highest BCUT2D eigenvalue weighted by Crippen LogP contribution is 2.32. The first-order valence-corrected chi connectivity index (χ1v) is 14.3. The smallest absolute Gasteiger partial charge is 0.339 e. The Balaban J connectivity index is 1.60. The van der Waals surface area contributed by atoms with E-state index < -0.39 is 29.4 Å². The first-order valence-electron chi connectivity index (χ1n) is 13.1. The Morgan fingerprint density at radius 1 is 1.14 bits per heavy atom. The van der Waals surface area contributed by atoms with Crippen LogP contribution in [-0.2, 0) is 14.3 Å². The van der Waals surface area contributed by atoms with E-state index in [9.17, 15) is 18.8 Å². The molecule has 1 aliphatic rings. The zero-order chi connectivity index (χ0) is 30.1. The van der Waals surface area contributed by atoms with Crippen LogP contribution in [0.2, 0.25) is 5.02 Å². The maximum atomic E-state index is 13.8. The number of aromatic nitrogens is 1. The topological polar surface area (TPSA) is 100 Å². The van der Waals surface area contributed by atoms with Crippen LogP contribution in [0.15, 0.2) is 80.1 Å². The molecule has 0 spiro atoms. The molecule has 216 valence electrons. The van der Waals surface area contributed by atoms with E-state index in [-0.39, 0.29) is 23.8 Å². The molecule has 2 aromatic carbocycles. The molecule has 8 nitrogen and oxygen atoms in total. The molecule has 0 saturated carbocycles. The average Bonchev–Trinajstić information content (AvgIpc) is 3.52. The van der Waals surface area contributed by atoms with Crippen LogP contribution >= 0.6 is 22.9 Å². The molecule has 0 N–H and O–H groups in total. The lowest BCUT2D eigenvalue weighted by molar-refractivity contribution is -0.139. The third kappa shape index (κ3) is 5.73. The Labute approximate surface area is 249 Å². The van der Waals surface area contributed by atoms with Crippen LogP contribution < -0.4 is 14.9 Å². The van der Waals surface area contributed by atoms with Crippen molar-refractivity contribution in [2.45, 2.75) is 39.8 Å². The highest BCUT2D eigenvalue weighted by Gasteiger charge is 2.33. The van der Waals surface area contributed by atoms with Gasteiger partial charge in [-0.2, -0.15) is 0 Å². The number of furan rings is 1. The molecule has 4 aromatic rings. The Bertz CT molecular complexity index is 1900. The number of ether oxygens (including phenoxy) is 2. The number of fused-ring (bicyclic) bond motifs is 1. The molecule has 0 bridgehead atoms. The minimum absolute atomic E-state index is 0.139. The average molecular weight is 609 g/mol. The van der Waals surface area contributed by atoms with Crippen LogP contribution in [0, 0.1) is 5.82 Å². The van der Waals surface area contributed by atoms with E-state index in [2.05, 4.69) is 4.99 Å². The second kappa shape index (κ2) is 11.9. The predicted octanol–water partition coefficient (Wildman–Crippen LogP) is 5.42. The summed E-state index contributed by atoms with van der Waals surface area (Å²) in [5, 5.41) is 0.408. The van der Waals surface area contributed by atoms with E-state index in [1.54, 1.807) is 64.1 Å². The molecular formula is C31H26ClFN2O6S. The number of hydrogen-bond acceptors (Lipinski definition) is 8. The zero-order valence-corrected chi connectivity index (χ0v) is 24.7. The summed E-state index contributed by atoms with van der Waals surface area (Å²) < 4.78 is 32.1. The van der Waals surface area contributed by atoms with E-state index in [0.717, 1.165) is 11.3 Å². The summed E-state index contributed by atoms with van der Waals surface area (Å²) in [5.41, 5.74) is 1.45. The van der Waals surface area contributed by atoms with Crippen LogP contribution in [0.4, 0.5) is 4.39 Å². The Morgan fingerprint density at radius 3 is 2.57 bits per heavy atom. The molecule has 1 atom stereocenters. The highest BCUT2D eigenvalue weighted by molar-refractivity contribution is 7.07. The number of carbonyl (C=O) groups is 2. The monoisotopic (exact) mass is 608 g/mol. The fourth-order valence-corrected chi connectivity index (χ4v) is 5.83. The van der Waals surface area contributed by atoms with Gasteiger partial charge in [0, 0.05) is 16.7 Å². The lowest BCUT2D eigenvalue weighted by Gasteiger charge is -2.24. The van der Waals surface area contributed by atoms with E-state index in [1.165, 1.54) is 28.8 Å². The lowest BCUT2D eigenvalue weighted by Crippen LogP contribution is -2.39. The quantitative estimate of drug-likeness (QED) is 0.260. The van der Waals surface area contributed by atoms with E-state index >= 15 is 0 Å². The molecular weight excluding hydrogens is 583 g/mol. The maximum Gasteiger partial charge on any atom is 0.339 e. The fourth-order valence-electron chi connectivity index (χ4n) is 4.63. The molecule has 0 amide bonds. The van der Waals surface area contributed by atoms with Gasteiger partial charge in [-0.15, -0.1) is 0 Å². The van der Waals surface area contributed by atoms with Crippen molar-refractivity contribution in [2.75, 3.05) is 6.61 Å². The minimum atomic E-state index is -0.865. The molecule has 3 heterocycles. The standard InChI is InChI=1S/C31H26ClFN2O6S/c1-5-39-30(38)26-17(4)34-31-35(27(26)18-6-9-20(33)10-7-18)28(36)25(42-31)15-21-11-13-24(41-21)23-14-19(32)8-12-22(23)29(37)40-16(2)3/h6-16,27H,5H2,1-4H3/b25-15+/t27-/m1/s1. The largest absolute Gasteiger partial charge is 0.463 e. The van der Waals surface area contributed by atoms with Crippen LogP contribution in [0.25, 0.3) is 17.4 Å². The molecule has 11 heteroatoms. The maximum absolute atomic E-state index is 13.8. The summed E-state index contributed by atoms with van der Waals surface area (Å²) in [5.74, 6) is -0.865. The van der Waals surface area contributed by atoms with Crippen LogP contribution in [0.1, 0.15) is 55.4 Å². The zero-order valence-electron chi connectivity index (χ0n) is 23.1. The van der Waals surface area contributed by atoms with Gasteiger partial charge in [-0.1, -0.05) is 35.1 Å². The number of allylic oxidation sites excluding steroid dienone is 1. The normalized spacial score (nSPS) is 15.0. The van der Waals surface area contributed by atoms with Crippen LogP contribution in [-0.4, -0.2) is 29.2 Å². The number of hydrogen-bond donors (Lipinski definition) is 0. The predicted molar refractivity (Wildman–Crippen MR) is 157 cm³/mol. The van der Waals surface area contributed by atoms with Crippen molar-refractivity contribution < 1.29 is 27.9 Å².